The molecule has 10 heteroatoms. The Morgan fingerprint density at radius 1 is 1.14 bits per heavy atom. The van der Waals surface area contributed by atoms with E-state index in [2.05, 4.69) is 5.32 Å². The lowest BCUT2D eigenvalue weighted by Gasteiger charge is -2.36. The van der Waals surface area contributed by atoms with Crippen LogP contribution in [0.1, 0.15) is 34.6 Å². The highest BCUT2D eigenvalue weighted by Crippen LogP contribution is 2.27. The molecule has 2 aromatic carbocycles. The average Bonchev–Trinajstić information content (AvgIpc) is 2.88. The molecule has 3 rings (SSSR count). The molecule has 3 atom stereocenters. The summed E-state index contributed by atoms with van der Waals surface area (Å²) in [5.41, 5.74) is 0.644. The standard InChI is InChI=1S/C27H34FN3O6/c1-17-13-31(27(34)20-8-6-7-9-22(20)28)18(2)15-37-23-11-10-19(29-25(32)16-35-4)12-21(23)26(33)30(3)14-24(17)36-5/h6-12,17-18,24H,13-16H2,1-5H3,(H,29,32)/t17-,18-,24-/m1/s1. The molecule has 1 aliphatic rings. The van der Waals surface area contributed by atoms with Crippen molar-refractivity contribution in [1.82, 2.24) is 9.80 Å². The number of hydrogen-bond donors (Lipinski definition) is 1. The molecule has 0 radical (unpaired) electrons. The van der Waals surface area contributed by atoms with Gasteiger partial charge in [0.05, 0.1) is 23.3 Å². The normalized spacial score (nSPS) is 20.8. The van der Waals surface area contributed by atoms with Crippen molar-refractivity contribution in [2.24, 2.45) is 5.92 Å². The molecule has 0 saturated carbocycles. The van der Waals surface area contributed by atoms with Gasteiger partial charge >= 0.3 is 0 Å². The van der Waals surface area contributed by atoms with Gasteiger partial charge in [0.2, 0.25) is 5.91 Å². The van der Waals surface area contributed by atoms with Crippen molar-refractivity contribution in [2.75, 3.05) is 52.9 Å². The molecule has 1 aliphatic heterocycles. The van der Waals surface area contributed by atoms with E-state index in [1.54, 1.807) is 43.3 Å². The van der Waals surface area contributed by atoms with Gasteiger partial charge in [0.1, 0.15) is 24.8 Å². The predicted octanol–water partition coefficient (Wildman–Crippen LogP) is 3.06. The number of carbonyl (C=O) groups excluding carboxylic acids is 3. The van der Waals surface area contributed by atoms with Gasteiger partial charge in [0.15, 0.2) is 0 Å². The molecule has 0 spiro atoms. The van der Waals surface area contributed by atoms with Gasteiger partial charge in [0, 0.05) is 46.0 Å². The molecule has 0 unspecified atom stereocenters. The van der Waals surface area contributed by atoms with E-state index in [0.717, 1.165) is 0 Å². The number of fused-ring (bicyclic) bond motifs is 1. The molecule has 0 aliphatic carbocycles. The molecule has 0 bridgehead atoms. The minimum absolute atomic E-state index is 0.0215. The Labute approximate surface area is 216 Å². The van der Waals surface area contributed by atoms with E-state index >= 15 is 0 Å². The number of carbonyl (C=O) groups is 3. The van der Waals surface area contributed by atoms with E-state index in [1.165, 1.54) is 30.2 Å². The van der Waals surface area contributed by atoms with E-state index in [0.29, 0.717) is 11.4 Å². The Kier molecular flexibility index (Phi) is 9.60. The van der Waals surface area contributed by atoms with Crippen molar-refractivity contribution >= 4 is 23.4 Å². The number of rotatable bonds is 5. The van der Waals surface area contributed by atoms with Crippen LogP contribution in [0.15, 0.2) is 42.5 Å². The highest BCUT2D eigenvalue weighted by atomic mass is 19.1. The summed E-state index contributed by atoms with van der Waals surface area (Å²) in [5.74, 6) is -1.59. The molecule has 200 valence electrons. The molecule has 2 aromatic rings. The van der Waals surface area contributed by atoms with Gasteiger partial charge in [-0.05, 0) is 37.3 Å². The van der Waals surface area contributed by atoms with Crippen LogP contribution in [-0.2, 0) is 14.3 Å². The van der Waals surface area contributed by atoms with Crippen LogP contribution >= 0.6 is 0 Å². The first-order chi connectivity index (χ1) is 17.7. The molecule has 9 nitrogen and oxygen atoms in total. The first-order valence-corrected chi connectivity index (χ1v) is 12.1. The summed E-state index contributed by atoms with van der Waals surface area (Å²) in [4.78, 5) is 41.9. The van der Waals surface area contributed by atoms with Gasteiger partial charge in [-0.25, -0.2) is 4.39 Å². The predicted molar refractivity (Wildman–Crippen MR) is 136 cm³/mol. The fraction of sp³-hybridized carbons (Fsp3) is 0.444. The molecule has 0 aromatic heterocycles. The largest absolute Gasteiger partial charge is 0.491 e. The lowest BCUT2D eigenvalue weighted by molar-refractivity contribution is -0.119. The Morgan fingerprint density at radius 2 is 1.86 bits per heavy atom. The third kappa shape index (κ3) is 6.84. The zero-order valence-electron chi connectivity index (χ0n) is 21.8. The first-order valence-electron chi connectivity index (χ1n) is 12.1. The lowest BCUT2D eigenvalue weighted by atomic mass is 10.0. The lowest BCUT2D eigenvalue weighted by Crippen LogP contribution is -2.48. The Hall–Kier alpha value is -3.50. The van der Waals surface area contributed by atoms with Crippen molar-refractivity contribution in [3.63, 3.8) is 0 Å². The number of benzene rings is 2. The summed E-state index contributed by atoms with van der Waals surface area (Å²) in [6.07, 6.45) is -0.398. The summed E-state index contributed by atoms with van der Waals surface area (Å²) >= 11 is 0. The maximum absolute atomic E-state index is 14.5. The van der Waals surface area contributed by atoms with Crippen LogP contribution in [0.3, 0.4) is 0 Å². The van der Waals surface area contributed by atoms with Crippen molar-refractivity contribution in [1.29, 1.82) is 0 Å². The summed E-state index contributed by atoms with van der Waals surface area (Å²) in [5, 5.41) is 2.69. The quantitative estimate of drug-likeness (QED) is 0.658. The Morgan fingerprint density at radius 3 is 2.54 bits per heavy atom. The van der Waals surface area contributed by atoms with Crippen LogP contribution in [0.25, 0.3) is 0 Å². The molecule has 3 amide bonds. The van der Waals surface area contributed by atoms with Crippen LogP contribution < -0.4 is 10.1 Å². The highest BCUT2D eigenvalue weighted by Gasteiger charge is 2.31. The monoisotopic (exact) mass is 515 g/mol. The van der Waals surface area contributed by atoms with E-state index in [-0.39, 0.29) is 55.2 Å². The number of anilines is 1. The third-order valence-electron chi connectivity index (χ3n) is 6.37. The number of amides is 3. The van der Waals surface area contributed by atoms with Gasteiger partial charge in [-0.15, -0.1) is 0 Å². The van der Waals surface area contributed by atoms with Crippen LogP contribution in [0.5, 0.6) is 5.75 Å². The smallest absolute Gasteiger partial charge is 0.257 e. The minimum Gasteiger partial charge on any atom is -0.491 e. The third-order valence-corrected chi connectivity index (χ3v) is 6.37. The van der Waals surface area contributed by atoms with E-state index in [9.17, 15) is 18.8 Å². The summed E-state index contributed by atoms with van der Waals surface area (Å²) in [6.45, 7) is 4.18. The molecule has 37 heavy (non-hydrogen) atoms. The molecule has 1 N–H and O–H groups in total. The molecule has 0 saturated heterocycles. The van der Waals surface area contributed by atoms with E-state index in [1.807, 2.05) is 13.8 Å². The van der Waals surface area contributed by atoms with Crippen LogP contribution in [0.2, 0.25) is 0 Å². The summed E-state index contributed by atoms with van der Waals surface area (Å²) in [7, 11) is 4.62. The van der Waals surface area contributed by atoms with Crippen LogP contribution in [-0.4, -0.2) is 87.2 Å². The van der Waals surface area contributed by atoms with Gasteiger partial charge in [0.25, 0.3) is 11.8 Å². The highest BCUT2D eigenvalue weighted by molar-refractivity contribution is 5.99. The van der Waals surface area contributed by atoms with Crippen LogP contribution in [0, 0.1) is 11.7 Å². The zero-order valence-corrected chi connectivity index (χ0v) is 21.8. The number of ether oxygens (including phenoxy) is 3. The van der Waals surface area contributed by atoms with Crippen molar-refractivity contribution in [3.05, 3.63) is 59.4 Å². The zero-order chi connectivity index (χ0) is 27.1. The van der Waals surface area contributed by atoms with E-state index in [4.69, 9.17) is 14.2 Å². The van der Waals surface area contributed by atoms with Crippen molar-refractivity contribution < 1.29 is 33.0 Å². The SMILES string of the molecule is COCC(=O)Nc1ccc2c(c1)C(=O)N(C)C[C@@H](OC)[C@H](C)CN(C(=O)c1ccccc1F)[C@H](C)CO2. The fourth-order valence-corrected chi connectivity index (χ4v) is 4.25. The second-order valence-electron chi connectivity index (χ2n) is 9.23. The average molecular weight is 516 g/mol. The Bertz CT molecular complexity index is 1130. The number of nitrogens with zero attached hydrogens (tertiary/aromatic N) is 2. The molecule has 0 fully saturated rings. The maximum Gasteiger partial charge on any atom is 0.257 e. The molecular weight excluding hydrogens is 481 g/mol. The van der Waals surface area contributed by atoms with Gasteiger partial charge in [-0.2, -0.15) is 0 Å². The molecular formula is C27H34FN3O6. The minimum atomic E-state index is -0.596. The number of likely N-dealkylation sites (N-methyl/N-ethyl adjacent to an activating group) is 1. The fourth-order valence-electron chi connectivity index (χ4n) is 4.25. The topological polar surface area (TPSA) is 97.4 Å². The number of halogens is 1. The molecule has 1 heterocycles. The second kappa shape index (κ2) is 12.6. The summed E-state index contributed by atoms with van der Waals surface area (Å²) in [6, 6.07) is 10.2. The number of nitrogens with one attached hydrogen (secondary N) is 1. The van der Waals surface area contributed by atoms with Gasteiger partial charge in [-0.1, -0.05) is 19.1 Å². The van der Waals surface area contributed by atoms with Crippen molar-refractivity contribution in [3.8, 4) is 5.75 Å². The van der Waals surface area contributed by atoms with Gasteiger partial charge < -0.3 is 29.3 Å². The van der Waals surface area contributed by atoms with Crippen LogP contribution in [0.4, 0.5) is 10.1 Å². The van der Waals surface area contributed by atoms with Gasteiger partial charge in [-0.3, -0.25) is 14.4 Å². The Balaban J connectivity index is 1.98. The van der Waals surface area contributed by atoms with E-state index < -0.39 is 23.9 Å². The maximum atomic E-state index is 14.5. The van der Waals surface area contributed by atoms with Crippen molar-refractivity contribution in [2.45, 2.75) is 26.0 Å². The number of methoxy groups -OCH3 is 2. The second-order valence-corrected chi connectivity index (χ2v) is 9.23. The summed E-state index contributed by atoms with van der Waals surface area (Å²) < 4.78 is 31.1. The first kappa shape index (κ1) is 28.1. The number of hydrogen-bond acceptors (Lipinski definition) is 6.